The van der Waals surface area contributed by atoms with Crippen LogP contribution in [0.4, 0.5) is 0 Å². The average Bonchev–Trinajstić information content (AvgIpc) is 3.04. The van der Waals surface area contributed by atoms with Crippen LogP contribution in [-0.2, 0) is 11.3 Å². The highest BCUT2D eigenvalue weighted by atomic mass is 16.2. The van der Waals surface area contributed by atoms with Gasteiger partial charge in [-0.1, -0.05) is 19.4 Å². The highest BCUT2D eigenvalue weighted by molar-refractivity contribution is 5.76. The first kappa shape index (κ1) is 15.2. The molecule has 0 saturated heterocycles. The maximum Gasteiger partial charge on any atom is 0.224 e. The van der Waals surface area contributed by atoms with Gasteiger partial charge in [-0.15, -0.1) is 0 Å². The van der Waals surface area contributed by atoms with Crippen LogP contribution >= 0.6 is 0 Å². The summed E-state index contributed by atoms with van der Waals surface area (Å²) >= 11 is 0. The number of hydrogen-bond acceptors (Lipinski definition) is 3. The van der Waals surface area contributed by atoms with Crippen LogP contribution < -0.4 is 0 Å². The minimum Gasteiger partial charge on any atom is -0.337 e. The Hall–Kier alpha value is -2.17. The highest BCUT2D eigenvalue weighted by Crippen LogP contribution is 2.23. The Kier molecular flexibility index (Phi) is 5.49. The van der Waals surface area contributed by atoms with Crippen LogP contribution in [-0.4, -0.2) is 32.6 Å². The third-order valence-electron chi connectivity index (χ3n) is 3.57. The second kappa shape index (κ2) is 7.57. The molecule has 1 amide bonds. The number of carbonyl (C=O) groups is 1. The predicted molar refractivity (Wildman–Crippen MR) is 81.5 cm³/mol. The summed E-state index contributed by atoms with van der Waals surface area (Å²) < 4.78 is 1.78. The van der Waals surface area contributed by atoms with E-state index in [1.165, 1.54) is 0 Å². The van der Waals surface area contributed by atoms with Gasteiger partial charge in [-0.3, -0.25) is 14.5 Å². The van der Waals surface area contributed by atoms with Gasteiger partial charge in [-0.05, 0) is 24.6 Å². The molecule has 0 radical (unpaired) electrons. The van der Waals surface area contributed by atoms with E-state index >= 15 is 0 Å². The zero-order chi connectivity index (χ0) is 15.1. The standard InChI is InChI=1S/C16H22N4O/c1-3-7-15(14-8-4-5-10-17-14)19(2)16(21)9-13-20-12-6-11-18-20/h4-6,8,10-12,15H,3,7,9,13H2,1-2H3/t15-/m0/s1. The number of nitrogens with zero attached hydrogens (tertiary/aromatic N) is 4. The summed E-state index contributed by atoms with van der Waals surface area (Å²) in [5.41, 5.74) is 0.953. The van der Waals surface area contributed by atoms with Gasteiger partial charge in [0.05, 0.1) is 11.7 Å². The van der Waals surface area contributed by atoms with Gasteiger partial charge < -0.3 is 4.90 Å². The van der Waals surface area contributed by atoms with Crippen molar-refractivity contribution in [3.63, 3.8) is 0 Å². The van der Waals surface area contributed by atoms with E-state index in [1.54, 1.807) is 17.1 Å². The fourth-order valence-electron chi connectivity index (χ4n) is 2.38. The van der Waals surface area contributed by atoms with Gasteiger partial charge in [-0.25, -0.2) is 0 Å². The van der Waals surface area contributed by atoms with Crippen LogP contribution in [0, 0.1) is 0 Å². The monoisotopic (exact) mass is 286 g/mol. The van der Waals surface area contributed by atoms with Gasteiger partial charge in [0.2, 0.25) is 5.91 Å². The second-order valence-corrected chi connectivity index (χ2v) is 5.08. The molecule has 0 unspecified atom stereocenters. The molecule has 0 aliphatic rings. The fourth-order valence-corrected chi connectivity index (χ4v) is 2.38. The molecule has 21 heavy (non-hydrogen) atoms. The molecular formula is C16H22N4O. The molecule has 5 nitrogen and oxygen atoms in total. The molecular weight excluding hydrogens is 264 g/mol. The van der Waals surface area contributed by atoms with E-state index in [0.29, 0.717) is 13.0 Å². The lowest BCUT2D eigenvalue weighted by molar-refractivity contribution is -0.132. The Morgan fingerprint density at radius 3 is 2.81 bits per heavy atom. The summed E-state index contributed by atoms with van der Waals surface area (Å²) in [4.78, 5) is 18.6. The average molecular weight is 286 g/mol. The first-order chi connectivity index (χ1) is 10.2. The van der Waals surface area contributed by atoms with Crippen LogP contribution in [0.3, 0.4) is 0 Å². The summed E-state index contributed by atoms with van der Waals surface area (Å²) in [5, 5.41) is 4.12. The van der Waals surface area contributed by atoms with Gasteiger partial charge in [0.25, 0.3) is 0 Å². The molecule has 2 rings (SSSR count). The van der Waals surface area contributed by atoms with Crippen molar-refractivity contribution in [3.05, 3.63) is 48.5 Å². The van der Waals surface area contributed by atoms with Crippen LogP contribution in [0.25, 0.3) is 0 Å². The summed E-state index contributed by atoms with van der Waals surface area (Å²) in [5.74, 6) is 0.120. The number of carbonyl (C=O) groups excluding carboxylic acids is 1. The molecule has 0 aliphatic heterocycles. The summed E-state index contributed by atoms with van der Waals surface area (Å²) in [6, 6.07) is 7.75. The smallest absolute Gasteiger partial charge is 0.224 e. The lowest BCUT2D eigenvalue weighted by Crippen LogP contribution is -2.32. The Balaban J connectivity index is 2.00. The highest BCUT2D eigenvalue weighted by Gasteiger charge is 2.21. The zero-order valence-electron chi connectivity index (χ0n) is 12.6. The van der Waals surface area contributed by atoms with Crippen LogP contribution in [0.1, 0.15) is 37.9 Å². The normalized spacial score (nSPS) is 12.1. The predicted octanol–water partition coefficient (Wildman–Crippen LogP) is 2.67. The molecule has 0 aliphatic carbocycles. The quantitative estimate of drug-likeness (QED) is 0.786. The molecule has 112 valence electrons. The molecule has 0 bridgehead atoms. The van der Waals surface area contributed by atoms with Gasteiger partial charge in [0.1, 0.15) is 0 Å². The van der Waals surface area contributed by atoms with E-state index in [0.717, 1.165) is 18.5 Å². The molecule has 0 saturated carbocycles. The van der Waals surface area contributed by atoms with E-state index in [1.807, 2.05) is 42.4 Å². The summed E-state index contributed by atoms with van der Waals surface area (Å²) in [7, 11) is 1.86. The zero-order valence-corrected chi connectivity index (χ0v) is 12.6. The molecule has 0 fully saturated rings. The number of aryl methyl sites for hydroxylation is 1. The van der Waals surface area contributed by atoms with E-state index in [4.69, 9.17) is 0 Å². The molecule has 0 spiro atoms. The van der Waals surface area contributed by atoms with Crippen molar-refractivity contribution in [1.82, 2.24) is 19.7 Å². The molecule has 2 aromatic rings. The molecule has 2 heterocycles. The SMILES string of the molecule is CCC[C@@H](c1ccccn1)N(C)C(=O)CCn1cccn1. The van der Waals surface area contributed by atoms with E-state index in [2.05, 4.69) is 17.0 Å². The van der Waals surface area contributed by atoms with Crippen molar-refractivity contribution in [2.24, 2.45) is 0 Å². The Bertz CT molecular complexity index is 539. The molecule has 0 aromatic carbocycles. The maximum atomic E-state index is 12.4. The van der Waals surface area contributed by atoms with E-state index < -0.39 is 0 Å². The lowest BCUT2D eigenvalue weighted by Gasteiger charge is -2.27. The molecule has 0 N–H and O–H groups in total. The number of hydrogen-bond donors (Lipinski definition) is 0. The molecule has 1 atom stereocenters. The summed E-state index contributed by atoms with van der Waals surface area (Å²) in [6.45, 7) is 2.73. The maximum absolute atomic E-state index is 12.4. The first-order valence-corrected chi connectivity index (χ1v) is 7.36. The largest absolute Gasteiger partial charge is 0.337 e. The number of aromatic nitrogens is 3. The third-order valence-corrected chi connectivity index (χ3v) is 3.57. The van der Waals surface area contributed by atoms with Crippen LogP contribution in [0.15, 0.2) is 42.9 Å². The lowest BCUT2D eigenvalue weighted by atomic mass is 10.1. The topological polar surface area (TPSA) is 51.0 Å². The number of pyridine rings is 1. The molecule has 2 aromatic heterocycles. The van der Waals surface area contributed by atoms with Crippen LogP contribution in [0.5, 0.6) is 0 Å². The van der Waals surface area contributed by atoms with Crippen molar-refractivity contribution >= 4 is 5.91 Å². The van der Waals surface area contributed by atoms with Gasteiger partial charge >= 0.3 is 0 Å². The fraction of sp³-hybridized carbons (Fsp3) is 0.438. The summed E-state index contributed by atoms with van der Waals surface area (Å²) in [6.07, 6.45) is 7.75. The Morgan fingerprint density at radius 1 is 1.33 bits per heavy atom. The Labute approximate surface area is 125 Å². The van der Waals surface area contributed by atoms with Gasteiger partial charge in [0.15, 0.2) is 0 Å². The molecule has 5 heteroatoms. The van der Waals surface area contributed by atoms with Crippen molar-refractivity contribution in [1.29, 1.82) is 0 Å². The van der Waals surface area contributed by atoms with Gasteiger partial charge in [-0.2, -0.15) is 5.10 Å². The van der Waals surface area contributed by atoms with Crippen molar-refractivity contribution < 1.29 is 4.79 Å². The van der Waals surface area contributed by atoms with E-state index in [9.17, 15) is 4.79 Å². The second-order valence-electron chi connectivity index (χ2n) is 5.08. The third kappa shape index (κ3) is 4.15. The van der Waals surface area contributed by atoms with Crippen molar-refractivity contribution in [2.75, 3.05) is 7.05 Å². The Morgan fingerprint density at radius 2 is 2.19 bits per heavy atom. The van der Waals surface area contributed by atoms with Gasteiger partial charge in [0, 0.05) is 38.6 Å². The van der Waals surface area contributed by atoms with Crippen LogP contribution in [0.2, 0.25) is 0 Å². The van der Waals surface area contributed by atoms with Crippen molar-refractivity contribution in [2.45, 2.75) is 38.8 Å². The van der Waals surface area contributed by atoms with E-state index in [-0.39, 0.29) is 11.9 Å². The minimum absolute atomic E-state index is 0.0429. The minimum atomic E-state index is 0.0429. The number of amides is 1. The first-order valence-electron chi connectivity index (χ1n) is 7.36. The number of rotatable bonds is 7. The van der Waals surface area contributed by atoms with Crippen molar-refractivity contribution in [3.8, 4) is 0 Å².